The quantitative estimate of drug-likeness (QED) is 0.635. The topological polar surface area (TPSA) is 53.3 Å². The van der Waals surface area contributed by atoms with E-state index in [2.05, 4.69) is 10.4 Å². The van der Waals surface area contributed by atoms with E-state index in [-0.39, 0.29) is 0 Å². The summed E-state index contributed by atoms with van der Waals surface area (Å²) in [5, 5.41) is 17.1. The second-order valence-corrected chi connectivity index (χ2v) is 3.27. The molecule has 2 N–H and O–H groups in total. The van der Waals surface area contributed by atoms with Crippen molar-refractivity contribution in [3.8, 4) is 0 Å². The molecule has 0 radical (unpaired) electrons. The van der Waals surface area contributed by atoms with Crippen LogP contribution in [0, 0.1) is 0 Å². The molecule has 0 bridgehead atoms. The third kappa shape index (κ3) is 1.20. The highest BCUT2D eigenvalue weighted by Gasteiger charge is 2.26. The lowest BCUT2D eigenvalue weighted by Gasteiger charge is -2.29. The summed E-state index contributed by atoms with van der Waals surface area (Å²) in [4.78, 5) is 1.90. The van der Waals surface area contributed by atoms with Gasteiger partial charge >= 0.3 is 0 Å². The van der Waals surface area contributed by atoms with E-state index in [1.165, 1.54) is 0 Å². The lowest BCUT2D eigenvalue weighted by atomic mass is 10.2. The number of nitrogens with zero attached hydrogens (tertiary/aromatic N) is 3. The number of aromatic nitrogens is 2. The molecule has 0 amide bonds. The van der Waals surface area contributed by atoms with Gasteiger partial charge in [0.15, 0.2) is 6.23 Å². The van der Waals surface area contributed by atoms with Crippen LogP contribution in [0.1, 0.15) is 11.9 Å². The molecule has 1 aromatic heterocycles. The maximum absolute atomic E-state index is 9.86. The van der Waals surface area contributed by atoms with Crippen LogP contribution >= 0.6 is 0 Å². The smallest absolute Gasteiger partial charge is 0.152 e. The van der Waals surface area contributed by atoms with Crippen LogP contribution in [0.3, 0.4) is 0 Å². The maximum atomic E-state index is 9.86. The van der Waals surface area contributed by atoms with Gasteiger partial charge in [-0.05, 0) is 7.05 Å². The molecule has 5 heteroatoms. The number of rotatable bonds is 1. The predicted octanol–water partition coefficient (Wildman–Crippen LogP) is -0.139. The molecule has 1 atom stereocenters. The van der Waals surface area contributed by atoms with E-state index in [1.807, 2.05) is 23.7 Å². The number of anilines is 1. The lowest BCUT2D eigenvalue weighted by Crippen LogP contribution is -2.35. The first-order chi connectivity index (χ1) is 6.24. The minimum atomic E-state index is -0.543. The summed E-state index contributed by atoms with van der Waals surface area (Å²) in [6.45, 7) is 1.67. The summed E-state index contributed by atoms with van der Waals surface area (Å²) < 4.78 is 1.84. The Morgan fingerprint density at radius 3 is 3.08 bits per heavy atom. The highest BCUT2D eigenvalue weighted by atomic mass is 16.3. The van der Waals surface area contributed by atoms with Gasteiger partial charge in [-0.25, -0.2) is 0 Å². The molecule has 1 unspecified atom stereocenters. The summed E-state index contributed by atoms with van der Waals surface area (Å²) in [7, 11) is 3.74. The van der Waals surface area contributed by atoms with Gasteiger partial charge in [0.1, 0.15) is 5.69 Å². The largest absolute Gasteiger partial charge is 0.385 e. The molecule has 1 aliphatic rings. The minimum Gasteiger partial charge on any atom is -0.385 e. The average Bonchev–Trinajstić information content (AvgIpc) is 2.55. The van der Waals surface area contributed by atoms with Crippen molar-refractivity contribution in [2.45, 2.75) is 12.8 Å². The average molecular weight is 182 g/mol. The zero-order valence-corrected chi connectivity index (χ0v) is 7.86. The van der Waals surface area contributed by atoms with Gasteiger partial charge in [-0.15, -0.1) is 0 Å². The Labute approximate surface area is 77.0 Å². The Balaban J connectivity index is 2.42. The van der Waals surface area contributed by atoms with E-state index in [0.717, 1.165) is 24.5 Å². The number of aliphatic hydroxyl groups excluding tert-OH is 1. The Kier molecular flexibility index (Phi) is 1.97. The van der Waals surface area contributed by atoms with Crippen LogP contribution in [-0.4, -0.2) is 40.4 Å². The van der Waals surface area contributed by atoms with Crippen molar-refractivity contribution in [2.24, 2.45) is 0 Å². The predicted molar refractivity (Wildman–Crippen MR) is 49.4 cm³/mol. The molecular weight excluding hydrogens is 168 g/mol. The third-order valence-corrected chi connectivity index (χ3v) is 2.48. The van der Waals surface area contributed by atoms with Crippen LogP contribution < -0.4 is 5.32 Å². The van der Waals surface area contributed by atoms with Crippen molar-refractivity contribution in [3.63, 3.8) is 0 Å². The molecule has 13 heavy (non-hydrogen) atoms. The van der Waals surface area contributed by atoms with Crippen molar-refractivity contribution in [1.82, 2.24) is 14.7 Å². The summed E-state index contributed by atoms with van der Waals surface area (Å²) >= 11 is 0. The summed E-state index contributed by atoms with van der Waals surface area (Å²) in [6, 6.07) is 0. The molecule has 0 aromatic carbocycles. The van der Waals surface area contributed by atoms with Gasteiger partial charge in [0.2, 0.25) is 0 Å². The fraction of sp³-hybridized carbons (Fsp3) is 0.625. The zero-order chi connectivity index (χ0) is 9.42. The number of nitrogens with one attached hydrogen (secondary N) is 1. The highest BCUT2D eigenvalue weighted by molar-refractivity contribution is 5.47. The van der Waals surface area contributed by atoms with E-state index in [0.29, 0.717) is 0 Å². The minimum absolute atomic E-state index is 0.543. The Morgan fingerprint density at radius 1 is 1.62 bits per heavy atom. The first-order valence-electron chi connectivity index (χ1n) is 4.36. The second kappa shape index (κ2) is 3.01. The van der Waals surface area contributed by atoms with Crippen molar-refractivity contribution in [1.29, 1.82) is 0 Å². The van der Waals surface area contributed by atoms with E-state index in [1.54, 1.807) is 6.20 Å². The van der Waals surface area contributed by atoms with Gasteiger partial charge in [-0.3, -0.25) is 9.58 Å². The molecular formula is C8H14N4O. The summed E-state index contributed by atoms with van der Waals surface area (Å²) in [5.74, 6) is 0. The number of fused-ring (bicyclic) bond motifs is 1. The second-order valence-electron chi connectivity index (χ2n) is 3.27. The SMILES string of the molecule is CNc1cnn2c1C(O)N(C)CC2. The molecule has 0 saturated heterocycles. The highest BCUT2D eigenvalue weighted by Crippen LogP contribution is 2.27. The van der Waals surface area contributed by atoms with Gasteiger partial charge in [0.25, 0.3) is 0 Å². The first kappa shape index (κ1) is 8.52. The molecule has 2 rings (SSSR count). The van der Waals surface area contributed by atoms with E-state index >= 15 is 0 Å². The van der Waals surface area contributed by atoms with E-state index in [4.69, 9.17) is 0 Å². The van der Waals surface area contributed by atoms with Gasteiger partial charge < -0.3 is 10.4 Å². The van der Waals surface area contributed by atoms with Gasteiger partial charge in [-0.2, -0.15) is 5.10 Å². The van der Waals surface area contributed by atoms with Crippen molar-refractivity contribution in [3.05, 3.63) is 11.9 Å². The molecule has 2 heterocycles. The number of likely N-dealkylation sites (N-methyl/N-ethyl adjacent to an activating group) is 1. The monoisotopic (exact) mass is 182 g/mol. The van der Waals surface area contributed by atoms with Crippen LogP contribution in [-0.2, 0) is 6.54 Å². The van der Waals surface area contributed by atoms with Crippen LogP contribution in [0.25, 0.3) is 0 Å². The third-order valence-electron chi connectivity index (χ3n) is 2.48. The Bertz CT molecular complexity index is 296. The molecule has 1 aromatic rings. The number of hydrogen-bond acceptors (Lipinski definition) is 4. The molecule has 5 nitrogen and oxygen atoms in total. The number of aliphatic hydroxyl groups is 1. The maximum Gasteiger partial charge on any atom is 0.152 e. The van der Waals surface area contributed by atoms with Crippen molar-refractivity contribution in [2.75, 3.05) is 26.0 Å². The van der Waals surface area contributed by atoms with Crippen LogP contribution in [0.15, 0.2) is 6.20 Å². The van der Waals surface area contributed by atoms with E-state index in [9.17, 15) is 5.11 Å². The van der Waals surface area contributed by atoms with Gasteiger partial charge in [0, 0.05) is 13.6 Å². The van der Waals surface area contributed by atoms with E-state index < -0.39 is 6.23 Å². The van der Waals surface area contributed by atoms with Crippen molar-refractivity contribution >= 4 is 5.69 Å². The fourth-order valence-corrected chi connectivity index (χ4v) is 1.62. The zero-order valence-electron chi connectivity index (χ0n) is 7.86. The lowest BCUT2D eigenvalue weighted by molar-refractivity contribution is -0.00454. The van der Waals surface area contributed by atoms with Gasteiger partial charge in [-0.1, -0.05) is 0 Å². The molecule has 0 saturated carbocycles. The molecule has 0 fully saturated rings. The standard InChI is InChI=1S/C8H14N4O/c1-9-6-5-10-12-4-3-11(2)8(13)7(6)12/h5,8-9,13H,3-4H2,1-2H3. The normalized spacial score (nSPS) is 22.8. The summed E-state index contributed by atoms with van der Waals surface area (Å²) in [5.41, 5.74) is 1.76. The molecule has 0 spiro atoms. The van der Waals surface area contributed by atoms with Crippen LogP contribution in [0.5, 0.6) is 0 Å². The van der Waals surface area contributed by atoms with Crippen molar-refractivity contribution < 1.29 is 5.11 Å². The number of hydrogen-bond donors (Lipinski definition) is 2. The van der Waals surface area contributed by atoms with Crippen LogP contribution in [0.4, 0.5) is 5.69 Å². The van der Waals surface area contributed by atoms with Crippen LogP contribution in [0.2, 0.25) is 0 Å². The fourth-order valence-electron chi connectivity index (χ4n) is 1.62. The Morgan fingerprint density at radius 2 is 2.38 bits per heavy atom. The first-order valence-corrected chi connectivity index (χ1v) is 4.36. The Hall–Kier alpha value is -1.07. The molecule has 0 aliphatic carbocycles. The molecule has 72 valence electrons. The molecule has 1 aliphatic heterocycles. The van der Waals surface area contributed by atoms with Gasteiger partial charge in [0.05, 0.1) is 18.4 Å². The summed E-state index contributed by atoms with van der Waals surface area (Å²) in [6.07, 6.45) is 1.20.